The summed E-state index contributed by atoms with van der Waals surface area (Å²) >= 11 is 0. The van der Waals surface area contributed by atoms with Crippen molar-refractivity contribution in [3.05, 3.63) is 0 Å². The van der Waals surface area contributed by atoms with Gasteiger partial charge in [0.25, 0.3) is 0 Å². The van der Waals surface area contributed by atoms with E-state index in [0.717, 1.165) is 32.1 Å². The summed E-state index contributed by atoms with van der Waals surface area (Å²) in [5.74, 6) is -0.446. The predicted molar refractivity (Wildman–Crippen MR) is 79.4 cm³/mol. The van der Waals surface area contributed by atoms with E-state index in [1.54, 1.807) is 0 Å². The molecule has 116 valence electrons. The Kier molecular flexibility index (Phi) is 6.50. The molecule has 0 aliphatic heterocycles. The van der Waals surface area contributed by atoms with E-state index >= 15 is 0 Å². The molecule has 0 heterocycles. The minimum Gasteiger partial charge on any atom is -0.481 e. The molecular weight excluding hydrogens is 254 g/mol. The van der Waals surface area contributed by atoms with Crippen molar-refractivity contribution in [1.82, 2.24) is 5.32 Å². The average molecular weight is 283 g/mol. The van der Waals surface area contributed by atoms with Gasteiger partial charge in [-0.2, -0.15) is 0 Å². The molecule has 1 fully saturated rings. The Morgan fingerprint density at radius 3 is 2.25 bits per heavy atom. The molecule has 4 nitrogen and oxygen atoms in total. The molecule has 0 radical (unpaired) electrons. The molecule has 1 atom stereocenters. The van der Waals surface area contributed by atoms with Gasteiger partial charge in [0.1, 0.15) is 0 Å². The van der Waals surface area contributed by atoms with Crippen molar-refractivity contribution in [2.24, 2.45) is 17.3 Å². The van der Waals surface area contributed by atoms with E-state index in [9.17, 15) is 14.7 Å². The van der Waals surface area contributed by atoms with E-state index in [1.165, 1.54) is 0 Å². The Morgan fingerprint density at radius 1 is 1.20 bits per heavy atom. The lowest BCUT2D eigenvalue weighted by atomic mass is 9.74. The highest BCUT2D eigenvalue weighted by atomic mass is 16.4. The highest BCUT2D eigenvalue weighted by Gasteiger charge is 2.40. The number of aliphatic carboxylic acids is 1. The summed E-state index contributed by atoms with van der Waals surface area (Å²) in [6.07, 6.45) is 6.21. The predicted octanol–water partition coefficient (Wildman–Crippen LogP) is 3.21. The van der Waals surface area contributed by atoms with Gasteiger partial charge in [0.05, 0.1) is 5.41 Å². The third kappa shape index (κ3) is 4.22. The van der Waals surface area contributed by atoms with Gasteiger partial charge in [-0.25, -0.2) is 0 Å². The Hall–Kier alpha value is -1.06. The van der Waals surface area contributed by atoms with Crippen LogP contribution in [0.3, 0.4) is 0 Å². The maximum Gasteiger partial charge on any atom is 0.311 e. The maximum absolute atomic E-state index is 12.3. The van der Waals surface area contributed by atoms with Gasteiger partial charge in [0, 0.05) is 12.5 Å². The van der Waals surface area contributed by atoms with Crippen LogP contribution in [-0.2, 0) is 9.59 Å². The van der Waals surface area contributed by atoms with Crippen molar-refractivity contribution in [2.45, 2.75) is 65.7 Å². The number of carboxylic acids is 1. The quantitative estimate of drug-likeness (QED) is 0.754. The lowest BCUT2D eigenvalue weighted by molar-refractivity contribution is -0.151. The third-order valence-corrected chi connectivity index (χ3v) is 4.61. The van der Waals surface area contributed by atoms with Crippen LogP contribution in [0.2, 0.25) is 0 Å². The van der Waals surface area contributed by atoms with Gasteiger partial charge in [-0.15, -0.1) is 0 Å². The van der Waals surface area contributed by atoms with E-state index in [-0.39, 0.29) is 18.4 Å². The first-order valence-corrected chi connectivity index (χ1v) is 7.94. The first kappa shape index (κ1) is 17.0. The second kappa shape index (κ2) is 7.65. The molecule has 0 bridgehead atoms. The Labute approximate surface area is 122 Å². The normalized spacial score (nSPS) is 19.6. The van der Waals surface area contributed by atoms with Crippen molar-refractivity contribution < 1.29 is 14.7 Å². The van der Waals surface area contributed by atoms with Crippen molar-refractivity contribution in [2.75, 3.05) is 6.54 Å². The molecule has 0 aromatic carbocycles. The fourth-order valence-corrected chi connectivity index (χ4v) is 3.16. The second-order valence-electron chi connectivity index (χ2n) is 6.50. The molecule has 1 unspecified atom stereocenters. The number of hydrogen-bond acceptors (Lipinski definition) is 2. The average Bonchev–Trinajstić information content (AvgIpc) is 2.42. The smallest absolute Gasteiger partial charge is 0.311 e. The van der Waals surface area contributed by atoms with Crippen molar-refractivity contribution >= 4 is 11.9 Å². The Balaban J connectivity index is 2.62. The lowest BCUT2D eigenvalue weighted by Gasteiger charge is -2.34. The number of nitrogens with one attached hydrogen (secondary N) is 1. The Bertz CT molecular complexity index is 333. The molecule has 4 heteroatoms. The van der Waals surface area contributed by atoms with Gasteiger partial charge in [0.15, 0.2) is 0 Å². The minimum absolute atomic E-state index is 0.00515. The van der Waals surface area contributed by atoms with E-state index in [1.807, 2.05) is 13.8 Å². The molecule has 0 aromatic heterocycles. The van der Waals surface area contributed by atoms with E-state index < -0.39 is 11.4 Å². The van der Waals surface area contributed by atoms with E-state index in [2.05, 4.69) is 12.2 Å². The number of hydrogen-bond donors (Lipinski definition) is 2. The number of carbonyl (C=O) groups excluding carboxylic acids is 1. The van der Waals surface area contributed by atoms with E-state index in [0.29, 0.717) is 18.8 Å². The van der Waals surface area contributed by atoms with E-state index in [4.69, 9.17) is 0 Å². The minimum atomic E-state index is -0.755. The number of amides is 1. The highest BCUT2D eigenvalue weighted by molar-refractivity contribution is 5.81. The van der Waals surface area contributed by atoms with Crippen LogP contribution in [0, 0.1) is 17.3 Å². The van der Waals surface area contributed by atoms with Crippen LogP contribution in [-0.4, -0.2) is 23.5 Å². The fraction of sp³-hybridized carbons (Fsp3) is 0.875. The number of carbonyl (C=O) groups is 2. The van der Waals surface area contributed by atoms with Crippen LogP contribution in [0.4, 0.5) is 0 Å². The molecule has 0 spiro atoms. The van der Waals surface area contributed by atoms with Gasteiger partial charge in [-0.1, -0.05) is 46.5 Å². The van der Waals surface area contributed by atoms with Crippen LogP contribution in [0.1, 0.15) is 65.7 Å². The first-order chi connectivity index (χ1) is 9.43. The summed E-state index contributed by atoms with van der Waals surface area (Å²) in [7, 11) is 0. The number of rotatable bonds is 7. The zero-order valence-corrected chi connectivity index (χ0v) is 13.1. The summed E-state index contributed by atoms with van der Waals surface area (Å²) in [5, 5.41) is 12.4. The summed E-state index contributed by atoms with van der Waals surface area (Å²) in [6, 6.07) is 0. The zero-order chi connectivity index (χ0) is 15.2. The molecule has 0 saturated heterocycles. The largest absolute Gasteiger partial charge is 0.481 e. The monoisotopic (exact) mass is 283 g/mol. The summed E-state index contributed by atoms with van der Waals surface area (Å²) in [6.45, 7) is 6.46. The van der Waals surface area contributed by atoms with Gasteiger partial charge >= 0.3 is 5.97 Å². The molecule has 1 aliphatic rings. The summed E-state index contributed by atoms with van der Waals surface area (Å²) < 4.78 is 0. The van der Waals surface area contributed by atoms with Crippen LogP contribution < -0.4 is 5.32 Å². The Morgan fingerprint density at radius 2 is 1.80 bits per heavy atom. The van der Waals surface area contributed by atoms with Crippen LogP contribution in [0.25, 0.3) is 0 Å². The summed E-state index contributed by atoms with van der Waals surface area (Å²) in [5.41, 5.74) is -0.734. The van der Waals surface area contributed by atoms with Gasteiger partial charge in [0.2, 0.25) is 5.91 Å². The van der Waals surface area contributed by atoms with Crippen molar-refractivity contribution in [3.63, 3.8) is 0 Å². The molecule has 1 amide bonds. The zero-order valence-electron chi connectivity index (χ0n) is 13.1. The topological polar surface area (TPSA) is 66.4 Å². The molecule has 1 rings (SSSR count). The lowest BCUT2D eigenvalue weighted by Crippen LogP contribution is -2.46. The molecule has 20 heavy (non-hydrogen) atoms. The highest BCUT2D eigenvalue weighted by Crippen LogP contribution is 2.36. The van der Waals surface area contributed by atoms with Crippen LogP contribution in [0.15, 0.2) is 0 Å². The third-order valence-electron chi connectivity index (χ3n) is 4.61. The van der Waals surface area contributed by atoms with Crippen LogP contribution >= 0.6 is 0 Å². The van der Waals surface area contributed by atoms with Gasteiger partial charge in [-0.3, -0.25) is 9.59 Å². The van der Waals surface area contributed by atoms with Gasteiger partial charge < -0.3 is 10.4 Å². The van der Waals surface area contributed by atoms with Crippen LogP contribution in [0.5, 0.6) is 0 Å². The van der Waals surface area contributed by atoms with Crippen molar-refractivity contribution in [3.8, 4) is 0 Å². The second-order valence-corrected chi connectivity index (χ2v) is 6.50. The standard InChI is InChI=1S/C16H29NO3/c1-4-8-13(12(2)3)14(18)17-11-16(15(19)20)9-6-5-7-10-16/h12-13H,4-11H2,1-3H3,(H,17,18)(H,19,20). The molecule has 0 aromatic rings. The molecule has 2 N–H and O–H groups in total. The van der Waals surface area contributed by atoms with Crippen molar-refractivity contribution in [1.29, 1.82) is 0 Å². The maximum atomic E-state index is 12.3. The summed E-state index contributed by atoms with van der Waals surface area (Å²) in [4.78, 5) is 23.8. The fourth-order valence-electron chi connectivity index (χ4n) is 3.16. The molecular formula is C16H29NO3. The van der Waals surface area contributed by atoms with Gasteiger partial charge in [-0.05, 0) is 25.2 Å². The molecule has 1 saturated carbocycles. The number of carboxylic acid groups (broad SMARTS) is 1. The SMILES string of the molecule is CCCC(C(=O)NCC1(C(=O)O)CCCCC1)C(C)C. The molecule has 1 aliphatic carbocycles. The first-order valence-electron chi connectivity index (χ1n) is 7.94.